The van der Waals surface area contributed by atoms with E-state index in [9.17, 15) is 4.79 Å². The summed E-state index contributed by atoms with van der Waals surface area (Å²) < 4.78 is 1.74. The summed E-state index contributed by atoms with van der Waals surface area (Å²) in [6.45, 7) is 0. The van der Waals surface area contributed by atoms with Gasteiger partial charge in [-0.1, -0.05) is 12.1 Å². The molecule has 6 heteroatoms. The minimum Gasteiger partial charge on any atom is -0.478 e. The van der Waals surface area contributed by atoms with Crippen molar-refractivity contribution >= 4 is 11.6 Å². The van der Waals surface area contributed by atoms with Crippen molar-refractivity contribution in [3.63, 3.8) is 0 Å². The van der Waals surface area contributed by atoms with Gasteiger partial charge in [-0.15, -0.1) is 0 Å². The minimum atomic E-state index is -0.908. The molecule has 3 rings (SSSR count). The first kappa shape index (κ1) is 12.3. The highest BCUT2D eigenvalue weighted by Crippen LogP contribution is 2.10. The maximum Gasteiger partial charge on any atom is 0.335 e. The Morgan fingerprint density at radius 3 is 3.00 bits per heavy atom. The summed E-state index contributed by atoms with van der Waals surface area (Å²) in [5.74, 6) is -0.908. The van der Waals surface area contributed by atoms with Gasteiger partial charge in [-0.2, -0.15) is 5.10 Å². The van der Waals surface area contributed by atoms with Crippen molar-refractivity contribution in [2.45, 2.75) is 12.8 Å². The molecule has 0 bridgehead atoms. The number of hydrogen-bond donors (Lipinski definition) is 1. The predicted octanol–water partition coefficient (Wildman–Crippen LogP) is 1.61. The molecular formula is C14H12N4O2. The van der Waals surface area contributed by atoms with Crippen LogP contribution in [0.1, 0.15) is 21.6 Å². The van der Waals surface area contributed by atoms with Crippen LogP contribution in [0.5, 0.6) is 0 Å². The SMILES string of the molecule is O=C(O)c1cccc(CCc2cnc3cncnn23)c1. The summed E-state index contributed by atoms with van der Waals surface area (Å²) >= 11 is 0. The summed E-state index contributed by atoms with van der Waals surface area (Å²) in [7, 11) is 0. The molecule has 2 aromatic heterocycles. The Morgan fingerprint density at radius 1 is 1.25 bits per heavy atom. The van der Waals surface area contributed by atoms with Crippen molar-refractivity contribution in [2.24, 2.45) is 0 Å². The van der Waals surface area contributed by atoms with Gasteiger partial charge < -0.3 is 5.11 Å². The standard InChI is InChI=1S/C14H12N4O2/c19-14(20)11-3-1-2-10(6-11)4-5-12-7-16-13-8-15-9-17-18(12)13/h1-3,6-9H,4-5H2,(H,19,20). The fourth-order valence-electron chi connectivity index (χ4n) is 2.10. The number of nitrogens with zero attached hydrogens (tertiary/aromatic N) is 4. The van der Waals surface area contributed by atoms with E-state index in [1.165, 1.54) is 6.33 Å². The Labute approximate surface area is 114 Å². The Morgan fingerprint density at radius 2 is 2.15 bits per heavy atom. The van der Waals surface area contributed by atoms with Gasteiger partial charge in [0.25, 0.3) is 0 Å². The van der Waals surface area contributed by atoms with Gasteiger partial charge in [0.15, 0.2) is 5.65 Å². The van der Waals surface area contributed by atoms with Gasteiger partial charge in [-0.25, -0.2) is 19.3 Å². The van der Waals surface area contributed by atoms with Gasteiger partial charge in [-0.3, -0.25) is 0 Å². The number of hydrogen-bond acceptors (Lipinski definition) is 4. The molecule has 0 aliphatic carbocycles. The fraction of sp³-hybridized carbons (Fsp3) is 0.143. The van der Waals surface area contributed by atoms with Crippen LogP contribution >= 0.6 is 0 Å². The van der Waals surface area contributed by atoms with E-state index in [0.29, 0.717) is 11.2 Å². The van der Waals surface area contributed by atoms with Crippen molar-refractivity contribution in [3.05, 3.63) is 59.8 Å². The van der Waals surface area contributed by atoms with Crippen LogP contribution in [0.2, 0.25) is 0 Å². The Kier molecular flexibility index (Phi) is 3.12. The Hall–Kier alpha value is -2.76. The molecule has 0 unspecified atom stereocenters. The van der Waals surface area contributed by atoms with E-state index in [4.69, 9.17) is 5.11 Å². The quantitative estimate of drug-likeness (QED) is 0.777. The first-order valence-electron chi connectivity index (χ1n) is 6.19. The number of aryl methyl sites for hydroxylation is 2. The first-order chi connectivity index (χ1) is 9.74. The van der Waals surface area contributed by atoms with Gasteiger partial charge in [0.1, 0.15) is 6.33 Å². The van der Waals surface area contributed by atoms with Crippen LogP contribution in [0, 0.1) is 0 Å². The van der Waals surface area contributed by atoms with Crippen LogP contribution in [-0.4, -0.2) is 30.7 Å². The second-order valence-electron chi connectivity index (χ2n) is 4.43. The van der Waals surface area contributed by atoms with E-state index in [2.05, 4.69) is 15.1 Å². The van der Waals surface area contributed by atoms with Crippen molar-refractivity contribution in [1.82, 2.24) is 19.6 Å². The number of fused-ring (bicyclic) bond motifs is 1. The Balaban J connectivity index is 1.79. The number of aromatic nitrogens is 4. The topological polar surface area (TPSA) is 80.4 Å². The molecule has 0 radical (unpaired) electrons. The molecule has 2 heterocycles. The van der Waals surface area contributed by atoms with Crippen LogP contribution in [0.15, 0.2) is 43.0 Å². The van der Waals surface area contributed by atoms with E-state index >= 15 is 0 Å². The highest BCUT2D eigenvalue weighted by molar-refractivity contribution is 5.87. The lowest BCUT2D eigenvalue weighted by atomic mass is 10.1. The highest BCUT2D eigenvalue weighted by Gasteiger charge is 2.06. The van der Waals surface area contributed by atoms with Crippen molar-refractivity contribution in [3.8, 4) is 0 Å². The largest absolute Gasteiger partial charge is 0.478 e. The molecule has 6 nitrogen and oxygen atoms in total. The summed E-state index contributed by atoms with van der Waals surface area (Å²) in [5.41, 5.74) is 2.97. The van der Waals surface area contributed by atoms with Gasteiger partial charge in [0, 0.05) is 0 Å². The minimum absolute atomic E-state index is 0.308. The second kappa shape index (κ2) is 5.08. The fourth-order valence-corrected chi connectivity index (χ4v) is 2.10. The number of aromatic carboxylic acids is 1. The lowest BCUT2D eigenvalue weighted by molar-refractivity contribution is 0.0697. The lowest BCUT2D eigenvalue weighted by Gasteiger charge is -2.02. The summed E-state index contributed by atoms with van der Waals surface area (Å²) in [6.07, 6.45) is 6.37. The van der Waals surface area contributed by atoms with Crippen molar-refractivity contribution < 1.29 is 9.90 Å². The van der Waals surface area contributed by atoms with Crippen molar-refractivity contribution in [2.75, 3.05) is 0 Å². The predicted molar refractivity (Wildman–Crippen MR) is 71.6 cm³/mol. The van der Waals surface area contributed by atoms with Gasteiger partial charge in [0.2, 0.25) is 0 Å². The molecule has 0 amide bonds. The third-order valence-electron chi connectivity index (χ3n) is 3.10. The molecular weight excluding hydrogens is 256 g/mol. The van der Waals surface area contributed by atoms with Crippen LogP contribution < -0.4 is 0 Å². The summed E-state index contributed by atoms with van der Waals surface area (Å²) in [4.78, 5) is 19.1. The van der Waals surface area contributed by atoms with Crippen LogP contribution in [0.25, 0.3) is 5.65 Å². The number of imidazole rings is 1. The zero-order chi connectivity index (χ0) is 13.9. The number of carboxylic acids is 1. The molecule has 1 aromatic carbocycles. The van der Waals surface area contributed by atoms with E-state index in [1.54, 1.807) is 35.1 Å². The molecule has 1 N–H and O–H groups in total. The van der Waals surface area contributed by atoms with Crippen LogP contribution in [0.3, 0.4) is 0 Å². The van der Waals surface area contributed by atoms with Crippen LogP contribution in [0.4, 0.5) is 0 Å². The van der Waals surface area contributed by atoms with Gasteiger partial charge in [-0.05, 0) is 30.5 Å². The van der Waals surface area contributed by atoms with E-state index in [-0.39, 0.29) is 0 Å². The number of benzene rings is 1. The van der Waals surface area contributed by atoms with Gasteiger partial charge in [0.05, 0.1) is 23.7 Å². The molecule has 0 saturated heterocycles. The van der Waals surface area contributed by atoms with E-state index < -0.39 is 5.97 Å². The third kappa shape index (κ3) is 2.35. The van der Waals surface area contributed by atoms with E-state index in [0.717, 1.165) is 24.1 Å². The number of carboxylic acid groups (broad SMARTS) is 1. The maximum absolute atomic E-state index is 10.9. The molecule has 0 spiro atoms. The maximum atomic E-state index is 10.9. The van der Waals surface area contributed by atoms with Crippen molar-refractivity contribution in [1.29, 1.82) is 0 Å². The average molecular weight is 268 g/mol. The molecule has 3 aromatic rings. The molecule has 0 atom stereocenters. The molecule has 0 aliphatic rings. The van der Waals surface area contributed by atoms with Crippen LogP contribution in [-0.2, 0) is 12.8 Å². The number of carbonyl (C=O) groups is 1. The second-order valence-corrected chi connectivity index (χ2v) is 4.43. The average Bonchev–Trinajstić information content (AvgIpc) is 2.89. The third-order valence-corrected chi connectivity index (χ3v) is 3.10. The monoisotopic (exact) mass is 268 g/mol. The highest BCUT2D eigenvalue weighted by atomic mass is 16.4. The molecule has 0 aliphatic heterocycles. The molecule has 20 heavy (non-hydrogen) atoms. The zero-order valence-electron chi connectivity index (χ0n) is 10.6. The summed E-state index contributed by atoms with van der Waals surface area (Å²) in [6, 6.07) is 6.97. The zero-order valence-corrected chi connectivity index (χ0v) is 10.6. The summed E-state index contributed by atoms with van der Waals surface area (Å²) in [5, 5.41) is 13.1. The first-order valence-corrected chi connectivity index (χ1v) is 6.19. The number of rotatable bonds is 4. The van der Waals surface area contributed by atoms with Gasteiger partial charge >= 0.3 is 5.97 Å². The normalized spacial score (nSPS) is 10.8. The molecule has 0 fully saturated rings. The Bertz CT molecular complexity index is 766. The lowest BCUT2D eigenvalue weighted by Crippen LogP contribution is -2.01. The molecule has 0 saturated carbocycles. The van der Waals surface area contributed by atoms with E-state index in [1.807, 2.05) is 6.07 Å². The molecule has 100 valence electrons. The smallest absolute Gasteiger partial charge is 0.335 e.